The van der Waals surface area contributed by atoms with Gasteiger partial charge in [0.25, 0.3) is 5.91 Å². The summed E-state index contributed by atoms with van der Waals surface area (Å²) in [6, 6.07) is 11.4. The van der Waals surface area contributed by atoms with Crippen LogP contribution in [0, 0.1) is 11.3 Å². The van der Waals surface area contributed by atoms with E-state index in [2.05, 4.69) is 5.32 Å². The Morgan fingerprint density at radius 3 is 2.76 bits per heavy atom. The van der Waals surface area contributed by atoms with Crippen molar-refractivity contribution in [2.45, 2.75) is 0 Å². The first-order chi connectivity index (χ1) is 10.0. The van der Waals surface area contributed by atoms with E-state index in [1.54, 1.807) is 18.2 Å². The predicted octanol–water partition coefficient (Wildman–Crippen LogP) is 3.05. The number of halogens is 1. The summed E-state index contributed by atoms with van der Waals surface area (Å²) in [5.41, 5.74) is 7.05. The van der Waals surface area contributed by atoms with Crippen molar-refractivity contribution in [2.75, 3.05) is 18.2 Å². The van der Waals surface area contributed by atoms with E-state index in [0.29, 0.717) is 27.7 Å². The van der Waals surface area contributed by atoms with Crippen molar-refractivity contribution in [1.29, 1.82) is 5.26 Å². The molecule has 106 valence electrons. The first-order valence-corrected chi connectivity index (χ1v) is 6.37. The number of methoxy groups -OCH3 is 1. The number of anilines is 2. The number of nitrogens with zero attached hydrogens (tertiary/aromatic N) is 1. The number of nitrogens with two attached hydrogens (primary N) is 1. The quantitative estimate of drug-likeness (QED) is 0.853. The molecule has 1 amide bonds. The lowest BCUT2D eigenvalue weighted by Crippen LogP contribution is -2.14. The summed E-state index contributed by atoms with van der Waals surface area (Å²) in [5.74, 6) is -0.0415. The fraction of sp³-hybridized carbons (Fsp3) is 0.0667. The molecule has 0 radical (unpaired) electrons. The molecule has 0 fully saturated rings. The van der Waals surface area contributed by atoms with Crippen LogP contribution in [0.1, 0.15) is 15.9 Å². The Labute approximate surface area is 126 Å². The number of rotatable bonds is 3. The summed E-state index contributed by atoms with van der Waals surface area (Å²) in [4.78, 5) is 12.3. The molecule has 0 spiro atoms. The van der Waals surface area contributed by atoms with Crippen molar-refractivity contribution >= 4 is 28.9 Å². The van der Waals surface area contributed by atoms with E-state index in [1.165, 1.54) is 25.3 Å². The van der Waals surface area contributed by atoms with Gasteiger partial charge in [-0.1, -0.05) is 11.6 Å². The van der Waals surface area contributed by atoms with Crippen molar-refractivity contribution < 1.29 is 9.53 Å². The minimum atomic E-state index is -0.432. The van der Waals surface area contributed by atoms with Crippen molar-refractivity contribution in [1.82, 2.24) is 0 Å². The number of benzene rings is 2. The molecule has 0 atom stereocenters. The van der Waals surface area contributed by atoms with Crippen LogP contribution in [0.2, 0.25) is 5.02 Å². The van der Waals surface area contributed by atoms with Crippen LogP contribution in [0.5, 0.6) is 5.75 Å². The number of carbonyl (C=O) groups is 1. The third-order valence-electron chi connectivity index (χ3n) is 2.82. The summed E-state index contributed by atoms with van der Waals surface area (Å²) in [6.07, 6.45) is 0. The Morgan fingerprint density at radius 2 is 2.10 bits per heavy atom. The zero-order chi connectivity index (χ0) is 15.4. The molecule has 0 heterocycles. The zero-order valence-electron chi connectivity index (χ0n) is 11.2. The number of amides is 1. The third kappa shape index (κ3) is 3.25. The van der Waals surface area contributed by atoms with Crippen LogP contribution in [-0.4, -0.2) is 13.0 Å². The fourth-order valence-electron chi connectivity index (χ4n) is 1.81. The molecule has 21 heavy (non-hydrogen) atoms. The standard InChI is InChI=1S/C15H12ClN3O2/c1-21-14-5-4-11(18)7-12(14)15(20)19-13-6-10(16)3-2-9(13)8-17/h2-7H,18H2,1H3,(H,19,20). The third-order valence-corrected chi connectivity index (χ3v) is 3.05. The van der Waals surface area contributed by atoms with E-state index in [1.807, 2.05) is 6.07 Å². The van der Waals surface area contributed by atoms with E-state index in [0.717, 1.165) is 0 Å². The van der Waals surface area contributed by atoms with Crippen LogP contribution in [-0.2, 0) is 0 Å². The summed E-state index contributed by atoms with van der Waals surface area (Å²) in [6.45, 7) is 0. The van der Waals surface area contributed by atoms with Crippen molar-refractivity contribution in [3.63, 3.8) is 0 Å². The maximum absolute atomic E-state index is 12.3. The minimum Gasteiger partial charge on any atom is -0.496 e. The van der Waals surface area contributed by atoms with Gasteiger partial charge >= 0.3 is 0 Å². The second kappa shape index (κ2) is 6.16. The van der Waals surface area contributed by atoms with Gasteiger partial charge in [-0.2, -0.15) is 5.26 Å². The lowest BCUT2D eigenvalue weighted by Gasteiger charge is -2.11. The summed E-state index contributed by atoms with van der Waals surface area (Å²) in [5, 5.41) is 12.1. The molecule has 0 aliphatic carbocycles. The minimum absolute atomic E-state index is 0.279. The lowest BCUT2D eigenvalue weighted by molar-refractivity contribution is 0.102. The molecular weight excluding hydrogens is 290 g/mol. The summed E-state index contributed by atoms with van der Waals surface area (Å²) in [7, 11) is 1.46. The van der Waals surface area contributed by atoms with Gasteiger partial charge in [-0.05, 0) is 36.4 Å². The molecule has 0 saturated heterocycles. The van der Waals surface area contributed by atoms with E-state index >= 15 is 0 Å². The SMILES string of the molecule is COc1ccc(N)cc1C(=O)Nc1cc(Cl)ccc1C#N. The van der Waals surface area contributed by atoms with Crippen molar-refractivity contribution in [3.8, 4) is 11.8 Å². The number of carbonyl (C=O) groups excluding carboxylic acids is 1. The van der Waals surface area contributed by atoms with Gasteiger partial charge in [0, 0.05) is 10.7 Å². The molecule has 3 N–H and O–H groups in total. The molecule has 2 aromatic rings. The van der Waals surface area contributed by atoms with Crippen LogP contribution in [0.15, 0.2) is 36.4 Å². The molecule has 2 aromatic carbocycles. The zero-order valence-corrected chi connectivity index (χ0v) is 11.9. The van der Waals surface area contributed by atoms with Crippen LogP contribution < -0.4 is 15.8 Å². The maximum Gasteiger partial charge on any atom is 0.259 e. The van der Waals surface area contributed by atoms with E-state index in [4.69, 9.17) is 27.3 Å². The van der Waals surface area contributed by atoms with Gasteiger partial charge in [-0.25, -0.2) is 0 Å². The second-order valence-electron chi connectivity index (χ2n) is 4.22. The van der Waals surface area contributed by atoms with Gasteiger partial charge < -0.3 is 15.8 Å². The number of hydrogen-bond donors (Lipinski definition) is 2. The second-order valence-corrected chi connectivity index (χ2v) is 4.65. The monoisotopic (exact) mass is 301 g/mol. The van der Waals surface area contributed by atoms with Crippen molar-refractivity contribution in [3.05, 3.63) is 52.5 Å². The normalized spacial score (nSPS) is 9.76. The van der Waals surface area contributed by atoms with Gasteiger partial charge in [0.1, 0.15) is 11.8 Å². The summed E-state index contributed by atoms with van der Waals surface area (Å²) >= 11 is 5.88. The molecule has 6 heteroatoms. The van der Waals surface area contributed by atoms with Crippen LogP contribution >= 0.6 is 11.6 Å². The van der Waals surface area contributed by atoms with Crippen LogP contribution in [0.25, 0.3) is 0 Å². The molecule has 2 rings (SSSR count). The van der Waals surface area contributed by atoms with E-state index in [9.17, 15) is 4.79 Å². The number of hydrogen-bond acceptors (Lipinski definition) is 4. The number of nitrogens with one attached hydrogen (secondary N) is 1. The number of nitriles is 1. The average molecular weight is 302 g/mol. The van der Waals surface area contributed by atoms with Crippen molar-refractivity contribution in [2.24, 2.45) is 0 Å². The number of nitrogen functional groups attached to an aromatic ring is 1. The fourth-order valence-corrected chi connectivity index (χ4v) is 1.98. The van der Waals surface area contributed by atoms with E-state index < -0.39 is 5.91 Å². The van der Waals surface area contributed by atoms with E-state index in [-0.39, 0.29) is 5.56 Å². The molecule has 0 saturated carbocycles. The Hall–Kier alpha value is -2.71. The highest BCUT2D eigenvalue weighted by atomic mass is 35.5. The highest BCUT2D eigenvalue weighted by Crippen LogP contribution is 2.25. The smallest absolute Gasteiger partial charge is 0.259 e. The maximum atomic E-state index is 12.3. The van der Waals surface area contributed by atoms with Gasteiger partial charge in [-0.3, -0.25) is 4.79 Å². The Balaban J connectivity index is 2.37. The predicted molar refractivity (Wildman–Crippen MR) is 81.5 cm³/mol. The van der Waals surface area contributed by atoms with Gasteiger partial charge in [0.15, 0.2) is 0 Å². The van der Waals surface area contributed by atoms with Gasteiger partial charge in [-0.15, -0.1) is 0 Å². The Morgan fingerprint density at radius 1 is 1.33 bits per heavy atom. The van der Waals surface area contributed by atoms with Gasteiger partial charge in [0.2, 0.25) is 0 Å². The Bertz CT molecular complexity index is 738. The first-order valence-electron chi connectivity index (χ1n) is 5.99. The number of ether oxygens (including phenoxy) is 1. The average Bonchev–Trinajstić information content (AvgIpc) is 2.47. The lowest BCUT2D eigenvalue weighted by atomic mass is 10.1. The molecular formula is C15H12ClN3O2. The highest BCUT2D eigenvalue weighted by molar-refractivity contribution is 6.31. The molecule has 0 unspecified atom stereocenters. The topological polar surface area (TPSA) is 88.1 Å². The molecule has 0 aliphatic rings. The van der Waals surface area contributed by atoms with Gasteiger partial charge in [0.05, 0.1) is 23.9 Å². The molecule has 0 aliphatic heterocycles. The molecule has 0 bridgehead atoms. The highest BCUT2D eigenvalue weighted by Gasteiger charge is 2.14. The first kappa shape index (κ1) is 14.7. The van der Waals surface area contributed by atoms with Crippen LogP contribution in [0.3, 0.4) is 0 Å². The largest absolute Gasteiger partial charge is 0.496 e. The summed E-state index contributed by atoms with van der Waals surface area (Å²) < 4.78 is 5.13. The molecule has 5 nitrogen and oxygen atoms in total. The molecule has 0 aromatic heterocycles. The van der Waals surface area contributed by atoms with Crippen LogP contribution in [0.4, 0.5) is 11.4 Å². The Kier molecular flexibility index (Phi) is 4.31.